The molecule has 146 valence electrons. The van der Waals surface area contributed by atoms with Crippen molar-refractivity contribution in [3.63, 3.8) is 0 Å². The van der Waals surface area contributed by atoms with Gasteiger partial charge in [0.1, 0.15) is 11.8 Å². The number of carbonyl (C=O) groups excluding carboxylic acids is 2. The van der Waals surface area contributed by atoms with Crippen molar-refractivity contribution >= 4 is 44.8 Å². The summed E-state index contributed by atoms with van der Waals surface area (Å²) in [7, 11) is 0. The average Bonchev–Trinajstić information content (AvgIpc) is 2.68. The Balaban J connectivity index is 1.94. The third-order valence-corrected chi connectivity index (χ3v) is 4.97. The zero-order valence-corrected chi connectivity index (χ0v) is 16.8. The molecule has 2 amide bonds. The van der Waals surface area contributed by atoms with Crippen molar-refractivity contribution < 1.29 is 19.2 Å². The highest BCUT2D eigenvalue weighted by atomic mass is 79.9. The maximum atomic E-state index is 12.9. The number of nitrogens with zero attached hydrogens (tertiary/aromatic N) is 2. The van der Waals surface area contributed by atoms with E-state index in [0.29, 0.717) is 17.9 Å². The fourth-order valence-electron chi connectivity index (χ4n) is 2.94. The van der Waals surface area contributed by atoms with Crippen LogP contribution in [0.2, 0.25) is 0 Å². The summed E-state index contributed by atoms with van der Waals surface area (Å²) in [5, 5.41) is 13.9. The van der Waals surface area contributed by atoms with Gasteiger partial charge in [-0.3, -0.25) is 24.6 Å². The Morgan fingerprint density at radius 3 is 2.61 bits per heavy atom. The molecule has 2 atom stereocenters. The fourth-order valence-corrected chi connectivity index (χ4v) is 3.20. The van der Waals surface area contributed by atoms with E-state index in [9.17, 15) is 19.7 Å². The van der Waals surface area contributed by atoms with Crippen molar-refractivity contribution in [3.8, 4) is 5.75 Å². The molecule has 2 aromatic carbocycles. The molecule has 0 spiro atoms. The Morgan fingerprint density at radius 1 is 1.32 bits per heavy atom. The van der Waals surface area contributed by atoms with Crippen molar-refractivity contribution in [1.82, 2.24) is 0 Å². The number of nitro benzene ring substituents is 1. The zero-order valence-electron chi connectivity index (χ0n) is 15.2. The summed E-state index contributed by atoms with van der Waals surface area (Å²) >= 11 is 3.33. The van der Waals surface area contributed by atoms with Crippen molar-refractivity contribution in [1.29, 1.82) is 0 Å². The number of nitro groups is 1. The van der Waals surface area contributed by atoms with Crippen LogP contribution in [-0.2, 0) is 9.59 Å². The van der Waals surface area contributed by atoms with Gasteiger partial charge in [-0.05, 0) is 43.7 Å². The summed E-state index contributed by atoms with van der Waals surface area (Å²) in [6, 6.07) is 10.1. The number of fused-ring (bicyclic) bond motifs is 1. The van der Waals surface area contributed by atoms with E-state index in [1.165, 1.54) is 23.1 Å². The second-order valence-electron chi connectivity index (χ2n) is 6.30. The van der Waals surface area contributed by atoms with Crippen LogP contribution in [0.15, 0.2) is 46.9 Å². The highest BCUT2D eigenvalue weighted by molar-refractivity contribution is 9.10. The molecule has 3 rings (SSSR count). The Morgan fingerprint density at radius 2 is 2.00 bits per heavy atom. The molecular weight excluding hydrogens is 430 g/mol. The number of hydrogen-bond acceptors (Lipinski definition) is 5. The van der Waals surface area contributed by atoms with Gasteiger partial charge in [0.05, 0.1) is 10.6 Å². The first-order valence-corrected chi connectivity index (χ1v) is 9.45. The Bertz CT molecular complexity index is 932. The third kappa shape index (κ3) is 3.84. The molecule has 8 nitrogen and oxygen atoms in total. The number of ether oxygens (including phenoxy) is 1. The van der Waals surface area contributed by atoms with Crippen molar-refractivity contribution in [2.24, 2.45) is 0 Å². The molecule has 0 aromatic heterocycles. The number of halogens is 1. The Hall–Kier alpha value is -2.94. The lowest BCUT2D eigenvalue weighted by molar-refractivity contribution is -0.384. The number of rotatable bonds is 5. The van der Waals surface area contributed by atoms with Crippen LogP contribution < -0.4 is 15.0 Å². The number of hydrogen-bond donors (Lipinski definition) is 1. The van der Waals surface area contributed by atoms with E-state index >= 15 is 0 Å². The fraction of sp³-hybridized carbons (Fsp3) is 0.263. The topological polar surface area (TPSA) is 102 Å². The number of non-ortho nitro benzene ring substituents is 1. The van der Waals surface area contributed by atoms with Gasteiger partial charge in [-0.2, -0.15) is 0 Å². The first kappa shape index (κ1) is 19.8. The minimum absolute atomic E-state index is 0.185. The lowest BCUT2D eigenvalue weighted by Gasteiger charge is -2.36. The molecule has 1 aliphatic rings. The summed E-state index contributed by atoms with van der Waals surface area (Å²) in [6.07, 6.45) is -0.343. The van der Waals surface area contributed by atoms with Gasteiger partial charge in [0.15, 0.2) is 6.10 Å². The summed E-state index contributed by atoms with van der Waals surface area (Å²) in [5.74, 6) is -0.487. The monoisotopic (exact) mass is 447 g/mol. The largest absolute Gasteiger partial charge is 0.478 e. The number of amides is 2. The summed E-state index contributed by atoms with van der Waals surface area (Å²) < 4.78 is 6.54. The molecule has 0 saturated carbocycles. The molecule has 2 aromatic rings. The molecule has 2 unspecified atom stereocenters. The molecule has 0 aliphatic carbocycles. The molecule has 0 radical (unpaired) electrons. The molecule has 0 fully saturated rings. The quantitative estimate of drug-likeness (QED) is 0.553. The minimum Gasteiger partial charge on any atom is -0.478 e. The summed E-state index contributed by atoms with van der Waals surface area (Å²) in [4.78, 5) is 37.5. The normalized spacial score (nSPS) is 16.8. The first-order valence-electron chi connectivity index (χ1n) is 8.66. The van der Waals surface area contributed by atoms with Crippen LogP contribution >= 0.6 is 15.9 Å². The molecule has 9 heteroatoms. The van der Waals surface area contributed by atoms with Crippen LogP contribution in [0.25, 0.3) is 0 Å². The van der Waals surface area contributed by atoms with E-state index in [2.05, 4.69) is 21.2 Å². The van der Waals surface area contributed by atoms with E-state index in [1.807, 2.05) is 0 Å². The van der Waals surface area contributed by atoms with Gasteiger partial charge in [0, 0.05) is 22.3 Å². The lowest BCUT2D eigenvalue weighted by Crippen LogP contribution is -2.53. The molecule has 28 heavy (non-hydrogen) atoms. The zero-order chi connectivity index (χ0) is 20.4. The van der Waals surface area contributed by atoms with Crippen LogP contribution in [0.1, 0.15) is 20.3 Å². The van der Waals surface area contributed by atoms with E-state index < -0.39 is 28.9 Å². The molecule has 0 saturated heterocycles. The number of benzene rings is 2. The number of nitrogens with one attached hydrogen (secondary N) is 1. The molecule has 1 heterocycles. The van der Waals surface area contributed by atoms with Gasteiger partial charge in [-0.1, -0.05) is 22.9 Å². The van der Waals surface area contributed by atoms with E-state index in [0.717, 1.165) is 4.47 Å². The second-order valence-corrected chi connectivity index (χ2v) is 7.22. The number of carbonyl (C=O) groups is 2. The van der Waals surface area contributed by atoms with Crippen LogP contribution in [0, 0.1) is 10.1 Å². The average molecular weight is 448 g/mol. The molecule has 1 N–H and O–H groups in total. The van der Waals surface area contributed by atoms with E-state index in [-0.39, 0.29) is 11.4 Å². The van der Waals surface area contributed by atoms with Crippen molar-refractivity contribution in [3.05, 3.63) is 57.1 Å². The predicted octanol–water partition coefficient (Wildman–Crippen LogP) is 3.89. The van der Waals surface area contributed by atoms with Gasteiger partial charge in [-0.25, -0.2) is 0 Å². The van der Waals surface area contributed by atoms with Crippen LogP contribution in [0.3, 0.4) is 0 Å². The van der Waals surface area contributed by atoms with Gasteiger partial charge in [0.25, 0.3) is 11.6 Å². The van der Waals surface area contributed by atoms with Crippen LogP contribution in [0.4, 0.5) is 17.1 Å². The van der Waals surface area contributed by atoms with Crippen molar-refractivity contribution in [2.75, 3.05) is 10.2 Å². The Kier molecular flexibility index (Phi) is 5.64. The van der Waals surface area contributed by atoms with Gasteiger partial charge >= 0.3 is 0 Å². The Labute approximate surface area is 169 Å². The standard InChI is InChI=1S/C19H18BrN3O5/c1-3-16-19(25)22(15-10-14(23(26)27)8-9-17(15)28-16)11(2)18(24)21-13-6-4-12(20)5-7-13/h4-11,16H,3H2,1-2H3,(H,21,24). The van der Waals surface area contributed by atoms with E-state index in [1.54, 1.807) is 38.1 Å². The van der Waals surface area contributed by atoms with Crippen molar-refractivity contribution in [2.45, 2.75) is 32.4 Å². The van der Waals surface area contributed by atoms with E-state index in [4.69, 9.17) is 4.74 Å². The molecular formula is C19H18BrN3O5. The lowest BCUT2D eigenvalue weighted by atomic mass is 10.1. The van der Waals surface area contributed by atoms with Crippen LogP contribution in [0.5, 0.6) is 5.75 Å². The number of anilines is 2. The predicted molar refractivity (Wildman–Crippen MR) is 108 cm³/mol. The maximum absolute atomic E-state index is 12.9. The second kappa shape index (κ2) is 7.97. The summed E-state index contributed by atoms with van der Waals surface area (Å²) in [6.45, 7) is 3.37. The highest BCUT2D eigenvalue weighted by Crippen LogP contribution is 2.38. The highest BCUT2D eigenvalue weighted by Gasteiger charge is 2.39. The van der Waals surface area contributed by atoms with Gasteiger partial charge < -0.3 is 10.1 Å². The molecule has 0 bridgehead atoms. The van der Waals surface area contributed by atoms with Gasteiger partial charge in [-0.15, -0.1) is 0 Å². The summed E-state index contributed by atoms with van der Waals surface area (Å²) in [5.41, 5.74) is 0.602. The van der Waals surface area contributed by atoms with Gasteiger partial charge in [0.2, 0.25) is 5.91 Å². The van der Waals surface area contributed by atoms with Crippen LogP contribution in [-0.4, -0.2) is 28.9 Å². The third-order valence-electron chi connectivity index (χ3n) is 4.44. The minimum atomic E-state index is -0.894. The first-order chi connectivity index (χ1) is 13.3. The smallest absolute Gasteiger partial charge is 0.271 e. The maximum Gasteiger partial charge on any atom is 0.271 e. The SMILES string of the molecule is CCC1Oc2ccc([N+](=O)[O-])cc2N(C(C)C(=O)Nc2ccc(Br)cc2)C1=O. The molecule has 1 aliphatic heterocycles.